The van der Waals surface area contributed by atoms with Crippen molar-refractivity contribution in [2.24, 2.45) is 5.92 Å². The number of amides is 1. The molecule has 0 aromatic carbocycles. The molecule has 98 valence electrons. The van der Waals surface area contributed by atoms with Crippen LogP contribution in [-0.4, -0.2) is 50.7 Å². The Hall–Kier alpha value is -0.870. The van der Waals surface area contributed by atoms with Gasteiger partial charge in [-0.25, -0.2) is 0 Å². The SMILES string of the molecule is C=CCOCC(=O)N1CCC(CCNC)CC1. The molecule has 1 heterocycles. The van der Waals surface area contributed by atoms with Crippen LogP contribution >= 0.6 is 0 Å². The maximum absolute atomic E-state index is 11.7. The minimum absolute atomic E-state index is 0.110. The van der Waals surface area contributed by atoms with Gasteiger partial charge in [0.2, 0.25) is 5.91 Å². The summed E-state index contributed by atoms with van der Waals surface area (Å²) in [6.07, 6.45) is 5.12. The first-order valence-electron chi connectivity index (χ1n) is 6.39. The third-order valence-corrected chi connectivity index (χ3v) is 3.23. The molecule has 1 aliphatic rings. The van der Waals surface area contributed by atoms with E-state index in [1.807, 2.05) is 11.9 Å². The zero-order valence-corrected chi connectivity index (χ0v) is 10.8. The highest BCUT2D eigenvalue weighted by atomic mass is 16.5. The van der Waals surface area contributed by atoms with Crippen LogP contribution in [0.15, 0.2) is 12.7 Å². The molecule has 1 N–H and O–H groups in total. The zero-order chi connectivity index (χ0) is 12.5. The van der Waals surface area contributed by atoms with Gasteiger partial charge in [0, 0.05) is 13.1 Å². The van der Waals surface area contributed by atoms with Gasteiger partial charge in [-0.1, -0.05) is 6.08 Å². The molecule has 0 aromatic rings. The molecule has 1 rings (SSSR count). The van der Waals surface area contributed by atoms with Crippen molar-refractivity contribution in [3.63, 3.8) is 0 Å². The van der Waals surface area contributed by atoms with Gasteiger partial charge in [0.25, 0.3) is 0 Å². The second kappa shape index (κ2) is 8.25. The Kier molecular flexibility index (Phi) is 6.89. The third-order valence-electron chi connectivity index (χ3n) is 3.23. The normalized spacial score (nSPS) is 17.1. The number of hydrogen-bond acceptors (Lipinski definition) is 3. The summed E-state index contributed by atoms with van der Waals surface area (Å²) in [5, 5.41) is 3.17. The van der Waals surface area contributed by atoms with Crippen molar-refractivity contribution < 1.29 is 9.53 Å². The minimum atomic E-state index is 0.110. The number of ether oxygens (including phenoxy) is 1. The summed E-state index contributed by atoms with van der Waals surface area (Å²) in [6, 6.07) is 0. The van der Waals surface area contributed by atoms with Crippen LogP contribution in [0.2, 0.25) is 0 Å². The van der Waals surface area contributed by atoms with Crippen LogP contribution < -0.4 is 5.32 Å². The molecule has 17 heavy (non-hydrogen) atoms. The molecule has 4 nitrogen and oxygen atoms in total. The highest BCUT2D eigenvalue weighted by Gasteiger charge is 2.22. The van der Waals surface area contributed by atoms with Gasteiger partial charge in [-0.2, -0.15) is 0 Å². The molecule has 0 aromatic heterocycles. The average molecular weight is 240 g/mol. The van der Waals surface area contributed by atoms with Gasteiger partial charge in [0.15, 0.2) is 0 Å². The Bertz CT molecular complexity index is 236. The highest BCUT2D eigenvalue weighted by molar-refractivity contribution is 5.77. The van der Waals surface area contributed by atoms with Crippen molar-refractivity contribution >= 4 is 5.91 Å². The lowest BCUT2D eigenvalue weighted by Gasteiger charge is -2.32. The van der Waals surface area contributed by atoms with E-state index < -0.39 is 0 Å². The molecular weight excluding hydrogens is 216 g/mol. The lowest BCUT2D eigenvalue weighted by Crippen LogP contribution is -2.40. The van der Waals surface area contributed by atoms with Crippen LogP contribution in [0.25, 0.3) is 0 Å². The molecule has 1 saturated heterocycles. The number of nitrogens with zero attached hydrogens (tertiary/aromatic N) is 1. The van der Waals surface area contributed by atoms with Gasteiger partial charge in [-0.15, -0.1) is 6.58 Å². The molecule has 1 fully saturated rings. The Balaban J connectivity index is 2.17. The fourth-order valence-corrected chi connectivity index (χ4v) is 2.14. The number of hydrogen-bond donors (Lipinski definition) is 1. The predicted octanol–water partition coefficient (Wildman–Crippen LogP) is 1.04. The number of rotatable bonds is 7. The van der Waals surface area contributed by atoms with E-state index in [2.05, 4.69) is 11.9 Å². The molecule has 0 unspecified atom stereocenters. The number of nitrogens with one attached hydrogen (secondary N) is 1. The molecule has 1 amide bonds. The van der Waals surface area contributed by atoms with Crippen LogP contribution in [0.4, 0.5) is 0 Å². The van der Waals surface area contributed by atoms with E-state index in [0.717, 1.165) is 38.4 Å². The van der Waals surface area contributed by atoms with E-state index in [0.29, 0.717) is 6.61 Å². The number of likely N-dealkylation sites (tertiary alicyclic amines) is 1. The molecule has 0 bridgehead atoms. The van der Waals surface area contributed by atoms with Crippen LogP contribution in [0, 0.1) is 5.92 Å². The van der Waals surface area contributed by atoms with Crippen molar-refractivity contribution in [2.45, 2.75) is 19.3 Å². The van der Waals surface area contributed by atoms with E-state index >= 15 is 0 Å². The molecular formula is C13H24N2O2. The Morgan fingerprint density at radius 3 is 2.82 bits per heavy atom. The predicted molar refractivity (Wildman–Crippen MR) is 68.9 cm³/mol. The second-order valence-corrected chi connectivity index (χ2v) is 4.52. The molecule has 0 spiro atoms. The van der Waals surface area contributed by atoms with E-state index in [4.69, 9.17) is 4.74 Å². The minimum Gasteiger partial charge on any atom is -0.368 e. The first-order chi connectivity index (χ1) is 8.27. The first-order valence-corrected chi connectivity index (χ1v) is 6.39. The molecule has 0 saturated carbocycles. The summed E-state index contributed by atoms with van der Waals surface area (Å²) in [7, 11) is 1.98. The van der Waals surface area contributed by atoms with Crippen molar-refractivity contribution in [3.8, 4) is 0 Å². The summed E-state index contributed by atoms with van der Waals surface area (Å²) >= 11 is 0. The van der Waals surface area contributed by atoms with Gasteiger partial charge in [0.1, 0.15) is 6.61 Å². The lowest BCUT2D eigenvalue weighted by atomic mass is 9.93. The van der Waals surface area contributed by atoms with Crippen LogP contribution in [-0.2, 0) is 9.53 Å². The van der Waals surface area contributed by atoms with Gasteiger partial charge in [0.05, 0.1) is 6.61 Å². The fourth-order valence-electron chi connectivity index (χ4n) is 2.14. The number of piperidine rings is 1. The van der Waals surface area contributed by atoms with Crippen molar-refractivity contribution in [1.82, 2.24) is 10.2 Å². The summed E-state index contributed by atoms with van der Waals surface area (Å²) in [6.45, 7) is 7.02. The van der Waals surface area contributed by atoms with Gasteiger partial charge < -0.3 is 15.0 Å². The largest absolute Gasteiger partial charge is 0.368 e. The number of carbonyl (C=O) groups excluding carboxylic acids is 1. The van der Waals surface area contributed by atoms with E-state index in [1.54, 1.807) is 6.08 Å². The summed E-state index contributed by atoms with van der Waals surface area (Å²) < 4.78 is 5.17. The van der Waals surface area contributed by atoms with Crippen molar-refractivity contribution in [1.29, 1.82) is 0 Å². The van der Waals surface area contributed by atoms with E-state index in [9.17, 15) is 4.79 Å². The topological polar surface area (TPSA) is 41.6 Å². The van der Waals surface area contributed by atoms with Crippen LogP contribution in [0.1, 0.15) is 19.3 Å². The third kappa shape index (κ3) is 5.33. The monoisotopic (exact) mass is 240 g/mol. The zero-order valence-electron chi connectivity index (χ0n) is 10.8. The van der Waals surface area contributed by atoms with E-state index in [1.165, 1.54) is 6.42 Å². The fraction of sp³-hybridized carbons (Fsp3) is 0.769. The second-order valence-electron chi connectivity index (χ2n) is 4.52. The molecule has 1 aliphatic heterocycles. The number of carbonyl (C=O) groups is 1. The molecule has 0 atom stereocenters. The van der Waals surface area contributed by atoms with E-state index in [-0.39, 0.29) is 12.5 Å². The van der Waals surface area contributed by atoms with Gasteiger partial charge >= 0.3 is 0 Å². The maximum Gasteiger partial charge on any atom is 0.248 e. The standard InChI is InChI=1S/C13H24N2O2/c1-3-10-17-11-13(16)15-8-5-12(6-9-15)4-7-14-2/h3,12,14H,1,4-11H2,2H3. The summed E-state index contributed by atoms with van der Waals surface area (Å²) in [5.41, 5.74) is 0. The Morgan fingerprint density at radius 1 is 1.53 bits per heavy atom. The Morgan fingerprint density at radius 2 is 2.24 bits per heavy atom. The smallest absolute Gasteiger partial charge is 0.248 e. The quantitative estimate of drug-likeness (QED) is 0.534. The molecule has 0 aliphatic carbocycles. The van der Waals surface area contributed by atoms with Gasteiger partial charge in [-0.05, 0) is 38.8 Å². The molecule has 0 radical (unpaired) electrons. The molecule has 4 heteroatoms. The summed E-state index contributed by atoms with van der Waals surface area (Å²) in [4.78, 5) is 13.7. The maximum atomic E-state index is 11.7. The first kappa shape index (κ1) is 14.2. The lowest BCUT2D eigenvalue weighted by molar-refractivity contribution is -0.137. The van der Waals surface area contributed by atoms with Crippen molar-refractivity contribution in [2.75, 3.05) is 39.9 Å². The van der Waals surface area contributed by atoms with Crippen molar-refractivity contribution in [3.05, 3.63) is 12.7 Å². The highest BCUT2D eigenvalue weighted by Crippen LogP contribution is 2.19. The average Bonchev–Trinajstić information content (AvgIpc) is 2.37. The summed E-state index contributed by atoms with van der Waals surface area (Å²) in [5.74, 6) is 0.875. The van der Waals surface area contributed by atoms with Gasteiger partial charge in [-0.3, -0.25) is 4.79 Å². The van der Waals surface area contributed by atoms with Crippen LogP contribution in [0.5, 0.6) is 0 Å². The Labute approximate surface area is 104 Å². The van der Waals surface area contributed by atoms with Crippen LogP contribution in [0.3, 0.4) is 0 Å².